The lowest BCUT2D eigenvalue weighted by molar-refractivity contribution is 0.528. The van der Waals surface area contributed by atoms with Crippen molar-refractivity contribution in [2.45, 2.75) is 27.5 Å². The number of sulfone groups is 2. The molecule has 8 nitrogen and oxygen atoms in total. The Bertz CT molecular complexity index is 1230. The van der Waals surface area contributed by atoms with E-state index < -0.39 is 46.7 Å². The zero-order valence-electron chi connectivity index (χ0n) is 15.7. The van der Waals surface area contributed by atoms with Gasteiger partial charge in [-0.25, -0.2) is 30.4 Å². The van der Waals surface area contributed by atoms with Crippen molar-refractivity contribution in [3.05, 3.63) is 59.1 Å². The molecule has 164 valence electrons. The molecule has 1 saturated heterocycles. The summed E-state index contributed by atoms with van der Waals surface area (Å²) in [6.45, 7) is 0.321. The van der Waals surface area contributed by atoms with Crippen molar-refractivity contribution in [2.75, 3.05) is 18.1 Å². The molecule has 2 aromatic rings. The van der Waals surface area contributed by atoms with Crippen LogP contribution in [0.2, 0.25) is 5.02 Å². The molecule has 0 aliphatic carbocycles. The van der Waals surface area contributed by atoms with Crippen molar-refractivity contribution >= 4 is 41.3 Å². The van der Waals surface area contributed by atoms with Gasteiger partial charge in [-0.1, -0.05) is 23.7 Å². The van der Waals surface area contributed by atoms with Gasteiger partial charge >= 0.3 is 0 Å². The van der Waals surface area contributed by atoms with E-state index in [9.17, 15) is 25.3 Å². The highest BCUT2D eigenvalue weighted by Gasteiger charge is 2.45. The van der Waals surface area contributed by atoms with E-state index in [1.165, 1.54) is 36.4 Å². The zero-order chi connectivity index (χ0) is 22.2. The predicted molar refractivity (Wildman–Crippen MR) is 114 cm³/mol. The fraction of sp³-hybridized carbons (Fsp3) is 0.333. The molecule has 0 spiro atoms. The molecule has 2 atom stereocenters. The fourth-order valence-corrected chi connectivity index (χ4v) is 8.72. The van der Waals surface area contributed by atoms with Crippen LogP contribution in [0.4, 0.5) is 0 Å². The first kappa shape index (κ1) is 23.2. The monoisotopic (exact) mass is 492 g/mol. The van der Waals surface area contributed by atoms with Gasteiger partial charge < -0.3 is 5.32 Å². The third kappa shape index (κ3) is 5.40. The summed E-state index contributed by atoms with van der Waals surface area (Å²) in [6, 6.07) is 10.9. The lowest BCUT2D eigenvalue weighted by Gasteiger charge is -2.20. The van der Waals surface area contributed by atoms with Gasteiger partial charge in [0.25, 0.3) is 0 Å². The molecule has 1 aliphatic rings. The third-order valence-electron chi connectivity index (χ3n) is 4.91. The van der Waals surface area contributed by atoms with Gasteiger partial charge in [0, 0.05) is 11.1 Å². The number of benzene rings is 2. The molecular weight excluding hydrogens is 472 g/mol. The summed E-state index contributed by atoms with van der Waals surface area (Å²) in [6.07, 6.45) is 0.454. The maximum atomic E-state index is 13.0. The van der Waals surface area contributed by atoms with Crippen LogP contribution in [-0.2, 0) is 36.1 Å². The summed E-state index contributed by atoms with van der Waals surface area (Å²) in [5.41, 5.74) is 0.799. The molecule has 0 aromatic heterocycles. The first-order valence-electron chi connectivity index (χ1n) is 8.93. The Kier molecular flexibility index (Phi) is 6.61. The van der Waals surface area contributed by atoms with Crippen LogP contribution in [0.25, 0.3) is 0 Å². The standard InChI is InChI=1S/C18H21ClN2O6S3/c19-14-3-7-15(8-4-14)29(24,25)18-12-28(22,23)11-17(18)21-10-9-13-1-5-16(6-2-13)30(20,26)27/h1-8,17-18,21H,9-12H2,(H2,20,26,27)/t17-,18-/m1/s1. The van der Waals surface area contributed by atoms with Gasteiger partial charge in [0.15, 0.2) is 19.7 Å². The van der Waals surface area contributed by atoms with E-state index in [1.807, 2.05) is 0 Å². The number of sulfonamides is 1. The highest BCUT2D eigenvalue weighted by atomic mass is 35.5. The summed E-state index contributed by atoms with van der Waals surface area (Å²) < 4.78 is 72.9. The first-order valence-corrected chi connectivity index (χ1v) is 14.2. The van der Waals surface area contributed by atoms with Crippen molar-refractivity contribution in [3.63, 3.8) is 0 Å². The Morgan fingerprint density at radius 3 is 2.07 bits per heavy atom. The molecule has 0 amide bonds. The van der Waals surface area contributed by atoms with Crippen LogP contribution in [0.5, 0.6) is 0 Å². The molecule has 1 heterocycles. The van der Waals surface area contributed by atoms with E-state index in [0.29, 0.717) is 18.0 Å². The van der Waals surface area contributed by atoms with Crippen LogP contribution in [-0.4, -0.2) is 54.6 Å². The molecule has 1 aliphatic heterocycles. The van der Waals surface area contributed by atoms with Crippen LogP contribution < -0.4 is 10.5 Å². The number of rotatable bonds is 7. The average molecular weight is 493 g/mol. The zero-order valence-corrected chi connectivity index (χ0v) is 18.9. The first-order chi connectivity index (χ1) is 13.9. The van der Waals surface area contributed by atoms with Crippen LogP contribution in [0.15, 0.2) is 58.3 Å². The molecule has 3 rings (SSSR count). The number of nitrogens with two attached hydrogens (primary N) is 1. The lowest BCUT2D eigenvalue weighted by atomic mass is 10.1. The van der Waals surface area contributed by atoms with Gasteiger partial charge in [-0.15, -0.1) is 0 Å². The third-order valence-corrected chi connectivity index (χ3v) is 10.3. The van der Waals surface area contributed by atoms with Gasteiger partial charge in [-0.3, -0.25) is 0 Å². The minimum atomic E-state index is -3.87. The van der Waals surface area contributed by atoms with E-state index in [-0.39, 0.29) is 15.5 Å². The number of nitrogens with one attached hydrogen (secondary N) is 1. The van der Waals surface area contributed by atoms with Crippen molar-refractivity contribution in [1.29, 1.82) is 0 Å². The summed E-state index contributed by atoms with van der Waals surface area (Å²) in [4.78, 5) is 0.0228. The largest absolute Gasteiger partial charge is 0.311 e. The maximum absolute atomic E-state index is 13.0. The number of hydrogen-bond donors (Lipinski definition) is 2. The summed E-state index contributed by atoms with van der Waals surface area (Å²) in [5, 5.41) is 7.39. The van der Waals surface area contributed by atoms with Crippen LogP contribution in [0.1, 0.15) is 5.56 Å². The summed E-state index contributed by atoms with van der Waals surface area (Å²) >= 11 is 5.81. The highest BCUT2D eigenvalue weighted by molar-refractivity contribution is 7.96. The molecule has 0 unspecified atom stereocenters. The summed E-state index contributed by atoms with van der Waals surface area (Å²) in [7, 11) is -11.2. The number of hydrogen-bond acceptors (Lipinski definition) is 7. The maximum Gasteiger partial charge on any atom is 0.238 e. The molecule has 3 N–H and O–H groups in total. The SMILES string of the molecule is NS(=O)(=O)c1ccc(CCN[C@@H]2CS(=O)(=O)C[C@H]2S(=O)(=O)c2ccc(Cl)cc2)cc1. The molecule has 1 fully saturated rings. The van der Waals surface area contributed by atoms with Crippen molar-refractivity contribution in [3.8, 4) is 0 Å². The Hall–Kier alpha value is -1.50. The second-order valence-corrected chi connectivity index (χ2v) is 13.4. The number of halogens is 1. The average Bonchev–Trinajstić information content (AvgIpc) is 2.97. The van der Waals surface area contributed by atoms with E-state index in [2.05, 4.69) is 5.32 Å². The smallest absolute Gasteiger partial charge is 0.238 e. The second kappa shape index (κ2) is 8.56. The Morgan fingerprint density at radius 2 is 1.50 bits per heavy atom. The van der Waals surface area contributed by atoms with E-state index in [0.717, 1.165) is 5.56 Å². The van der Waals surface area contributed by atoms with Crippen LogP contribution >= 0.6 is 11.6 Å². The van der Waals surface area contributed by atoms with E-state index in [4.69, 9.17) is 16.7 Å². The Morgan fingerprint density at radius 1 is 0.933 bits per heavy atom. The topological polar surface area (TPSA) is 140 Å². The van der Waals surface area contributed by atoms with E-state index in [1.54, 1.807) is 12.1 Å². The lowest BCUT2D eigenvalue weighted by Crippen LogP contribution is -2.44. The van der Waals surface area contributed by atoms with Crippen molar-refractivity contribution in [2.24, 2.45) is 5.14 Å². The van der Waals surface area contributed by atoms with Gasteiger partial charge in [-0.05, 0) is 54.9 Å². The molecule has 30 heavy (non-hydrogen) atoms. The predicted octanol–water partition coefficient (Wildman–Crippen LogP) is 0.759. The fourth-order valence-electron chi connectivity index (χ4n) is 3.36. The van der Waals surface area contributed by atoms with Gasteiger partial charge in [0.2, 0.25) is 10.0 Å². The molecule has 2 aromatic carbocycles. The van der Waals surface area contributed by atoms with Gasteiger partial charge in [0.05, 0.1) is 26.5 Å². The molecule has 0 saturated carbocycles. The van der Waals surface area contributed by atoms with E-state index >= 15 is 0 Å². The highest BCUT2D eigenvalue weighted by Crippen LogP contribution is 2.27. The molecular formula is C18H21ClN2O6S3. The van der Waals surface area contributed by atoms with Crippen LogP contribution in [0.3, 0.4) is 0 Å². The Balaban J connectivity index is 1.71. The number of primary sulfonamides is 1. The second-order valence-electron chi connectivity index (χ2n) is 7.11. The minimum absolute atomic E-state index is 0.00443. The molecule has 0 bridgehead atoms. The quantitative estimate of drug-likeness (QED) is 0.581. The van der Waals surface area contributed by atoms with Crippen molar-refractivity contribution < 1.29 is 25.3 Å². The normalized spacial score (nSPS) is 21.5. The molecule has 0 radical (unpaired) electrons. The Labute approximate surface area is 181 Å². The van der Waals surface area contributed by atoms with Crippen molar-refractivity contribution in [1.82, 2.24) is 5.32 Å². The molecule has 12 heteroatoms. The van der Waals surface area contributed by atoms with Gasteiger partial charge in [-0.2, -0.15) is 0 Å². The van der Waals surface area contributed by atoms with Crippen LogP contribution in [0, 0.1) is 0 Å². The minimum Gasteiger partial charge on any atom is -0.311 e. The van der Waals surface area contributed by atoms with Gasteiger partial charge in [0.1, 0.15) is 0 Å². The summed E-state index contributed by atoms with van der Waals surface area (Å²) in [5.74, 6) is -0.715.